The number of halogens is 1. The summed E-state index contributed by atoms with van der Waals surface area (Å²) < 4.78 is 25.8. The Morgan fingerprint density at radius 1 is 0.969 bits per heavy atom. The zero-order chi connectivity index (χ0) is 21.9. The van der Waals surface area contributed by atoms with Crippen LogP contribution in [0.15, 0.2) is 72.8 Å². The summed E-state index contributed by atoms with van der Waals surface area (Å²) in [6.07, 6.45) is 0. The van der Waals surface area contributed by atoms with Gasteiger partial charge in [0.25, 0.3) is 5.91 Å². The molecule has 0 bridgehead atoms. The molecule has 3 aromatic carbocycles. The fourth-order valence-corrected chi connectivity index (χ4v) is 3.42. The minimum atomic E-state index is -0.399. The highest BCUT2D eigenvalue weighted by atomic mass is 19.1. The Labute approximate surface area is 183 Å². The van der Waals surface area contributed by atoms with Crippen LogP contribution < -0.4 is 14.8 Å². The van der Waals surface area contributed by atoms with Gasteiger partial charge >= 0.3 is 0 Å². The van der Waals surface area contributed by atoms with Crippen molar-refractivity contribution in [1.82, 2.24) is 14.8 Å². The van der Waals surface area contributed by atoms with Gasteiger partial charge in [0.2, 0.25) is 5.95 Å². The molecule has 0 fully saturated rings. The van der Waals surface area contributed by atoms with E-state index in [-0.39, 0.29) is 11.8 Å². The van der Waals surface area contributed by atoms with Gasteiger partial charge in [-0.3, -0.25) is 4.79 Å². The third kappa shape index (κ3) is 3.90. The molecule has 0 saturated carbocycles. The van der Waals surface area contributed by atoms with E-state index >= 15 is 0 Å². The lowest BCUT2D eigenvalue weighted by molar-refractivity contribution is 0.0936. The highest BCUT2D eigenvalue weighted by Gasteiger charge is 2.25. The number of hydrogen-bond donors (Lipinski definition) is 1. The Hall–Kier alpha value is -4.20. The predicted molar refractivity (Wildman–Crippen MR) is 116 cm³/mol. The number of fused-ring (bicyclic) bond motifs is 1. The smallest absolute Gasteiger partial charge is 0.285 e. The van der Waals surface area contributed by atoms with E-state index in [1.165, 1.54) is 16.8 Å². The highest BCUT2D eigenvalue weighted by Crippen LogP contribution is 2.34. The summed E-state index contributed by atoms with van der Waals surface area (Å²) in [6, 6.07) is 20.7. The van der Waals surface area contributed by atoms with Crippen LogP contribution in [0.3, 0.4) is 0 Å². The maximum Gasteiger partial charge on any atom is 0.285 e. The molecule has 4 aromatic rings. The molecule has 2 heterocycles. The number of aromatic nitrogens is 3. The number of hydrogen-bond acceptors (Lipinski definition) is 6. The van der Waals surface area contributed by atoms with E-state index in [2.05, 4.69) is 15.4 Å². The van der Waals surface area contributed by atoms with Gasteiger partial charge in [-0.15, -0.1) is 5.10 Å². The average molecular weight is 430 g/mol. The molecule has 0 unspecified atom stereocenters. The summed E-state index contributed by atoms with van der Waals surface area (Å²) in [5, 5.41) is 7.61. The van der Waals surface area contributed by atoms with E-state index in [0.29, 0.717) is 42.6 Å². The van der Waals surface area contributed by atoms with Crippen molar-refractivity contribution in [3.05, 3.63) is 89.7 Å². The summed E-state index contributed by atoms with van der Waals surface area (Å²) in [4.78, 5) is 18.0. The second kappa shape index (κ2) is 8.50. The molecule has 160 valence electrons. The van der Waals surface area contributed by atoms with Crippen LogP contribution in [0.1, 0.15) is 15.9 Å². The van der Waals surface area contributed by atoms with Crippen LogP contribution in [0.5, 0.6) is 11.5 Å². The first kappa shape index (κ1) is 19.7. The van der Waals surface area contributed by atoms with Crippen molar-refractivity contribution in [2.24, 2.45) is 0 Å². The quantitative estimate of drug-likeness (QED) is 0.512. The second-order valence-corrected chi connectivity index (χ2v) is 7.15. The highest BCUT2D eigenvalue weighted by molar-refractivity contribution is 6.00. The lowest BCUT2D eigenvalue weighted by Crippen LogP contribution is -2.22. The van der Waals surface area contributed by atoms with Gasteiger partial charge < -0.3 is 14.8 Å². The number of anilines is 1. The molecule has 7 nitrogen and oxygen atoms in total. The number of ether oxygens (including phenoxy) is 2. The molecule has 1 N–H and O–H groups in total. The first-order valence-corrected chi connectivity index (χ1v) is 10.1. The van der Waals surface area contributed by atoms with Gasteiger partial charge in [-0.05, 0) is 29.8 Å². The van der Waals surface area contributed by atoms with Gasteiger partial charge in [0.1, 0.15) is 19.0 Å². The monoisotopic (exact) mass is 430 g/mol. The van der Waals surface area contributed by atoms with Crippen molar-refractivity contribution in [2.45, 2.75) is 6.54 Å². The number of carbonyl (C=O) groups is 1. The average Bonchev–Trinajstić information content (AvgIpc) is 3.28. The first-order chi connectivity index (χ1) is 15.7. The van der Waals surface area contributed by atoms with Gasteiger partial charge in [0.05, 0.1) is 5.56 Å². The Morgan fingerprint density at radius 2 is 1.75 bits per heavy atom. The number of rotatable bonds is 5. The van der Waals surface area contributed by atoms with Crippen molar-refractivity contribution in [3.63, 3.8) is 0 Å². The van der Waals surface area contributed by atoms with E-state index in [9.17, 15) is 9.18 Å². The van der Waals surface area contributed by atoms with E-state index in [0.717, 1.165) is 11.1 Å². The third-order valence-electron chi connectivity index (χ3n) is 4.99. The minimum absolute atomic E-state index is 0.271. The number of nitrogens with one attached hydrogen (secondary N) is 1. The molecule has 32 heavy (non-hydrogen) atoms. The van der Waals surface area contributed by atoms with Crippen LogP contribution in [0.2, 0.25) is 0 Å². The number of carbonyl (C=O) groups excluding carboxylic acids is 1. The van der Waals surface area contributed by atoms with Crippen LogP contribution in [-0.4, -0.2) is 33.9 Å². The van der Waals surface area contributed by atoms with Crippen molar-refractivity contribution < 1.29 is 18.7 Å². The van der Waals surface area contributed by atoms with E-state index in [1.807, 2.05) is 30.3 Å². The molecule has 1 aliphatic rings. The summed E-state index contributed by atoms with van der Waals surface area (Å²) in [5.41, 5.74) is 1.94. The van der Waals surface area contributed by atoms with Gasteiger partial charge in [-0.1, -0.05) is 48.5 Å². The summed E-state index contributed by atoms with van der Waals surface area (Å²) in [7, 11) is 0. The Morgan fingerprint density at radius 3 is 2.56 bits per heavy atom. The number of para-hydroxylation sites is 1. The standard InChI is InChI=1S/C24H19FN4O3/c25-18-11-9-16(10-12-18)15-26-24-27-22(17-5-2-1-3-6-17)28-29(24)23(30)19-7-4-8-20-21(19)32-14-13-31-20/h1-12H,13-15H2,(H,26,27,28). The fourth-order valence-electron chi connectivity index (χ4n) is 3.42. The van der Waals surface area contributed by atoms with Crippen LogP contribution in [-0.2, 0) is 6.54 Å². The van der Waals surface area contributed by atoms with Crippen LogP contribution in [0.4, 0.5) is 10.3 Å². The molecule has 1 aliphatic heterocycles. The van der Waals surface area contributed by atoms with Gasteiger partial charge in [0, 0.05) is 12.1 Å². The maximum atomic E-state index is 13.5. The molecule has 0 amide bonds. The summed E-state index contributed by atoms with van der Waals surface area (Å²) >= 11 is 0. The molecule has 0 aliphatic carbocycles. The van der Waals surface area contributed by atoms with Crippen molar-refractivity contribution in [2.75, 3.05) is 18.5 Å². The lowest BCUT2D eigenvalue weighted by atomic mass is 10.1. The molecule has 0 spiro atoms. The lowest BCUT2D eigenvalue weighted by Gasteiger charge is -2.20. The molecule has 8 heteroatoms. The molecule has 0 atom stereocenters. The summed E-state index contributed by atoms with van der Waals surface area (Å²) in [6.45, 7) is 1.13. The van der Waals surface area contributed by atoms with Crippen LogP contribution in [0.25, 0.3) is 11.4 Å². The Balaban J connectivity index is 1.52. The molecule has 0 saturated heterocycles. The number of benzene rings is 3. The zero-order valence-corrected chi connectivity index (χ0v) is 17.0. The topological polar surface area (TPSA) is 78.3 Å². The number of nitrogens with zero attached hydrogens (tertiary/aromatic N) is 3. The predicted octanol–water partition coefficient (Wildman–Crippen LogP) is 4.16. The van der Waals surface area contributed by atoms with Crippen molar-refractivity contribution >= 4 is 11.9 Å². The van der Waals surface area contributed by atoms with E-state index in [1.54, 1.807) is 30.3 Å². The van der Waals surface area contributed by atoms with Crippen molar-refractivity contribution in [3.8, 4) is 22.9 Å². The summed E-state index contributed by atoms with van der Waals surface area (Å²) in [5.74, 6) is 0.879. The largest absolute Gasteiger partial charge is 0.486 e. The Bertz CT molecular complexity index is 1260. The third-order valence-corrected chi connectivity index (χ3v) is 4.99. The second-order valence-electron chi connectivity index (χ2n) is 7.15. The van der Waals surface area contributed by atoms with E-state index in [4.69, 9.17) is 9.47 Å². The minimum Gasteiger partial charge on any atom is -0.486 e. The molecular weight excluding hydrogens is 411 g/mol. The van der Waals surface area contributed by atoms with Gasteiger partial charge in [-0.25, -0.2) is 4.39 Å². The van der Waals surface area contributed by atoms with Gasteiger partial charge in [-0.2, -0.15) is 9.67 Å². The van der Waals surface area contributed by atoms with Crippen LogP contribution in [0, 0.1) is 5.82 Å². The Kier molecular flexibility index (Phi) is 5.25. The van der Waals surface area contributed by atoms with Crippen LogP contribution >= 0.6 is 0 Å². The van der Waals surface area contributed by atoms with Crippen molar-refractivity contribution in [1.29, 1.82) is 0 Å². The SMILES string of the molecule is O=C(c1cccc2c1OCCO2)n1nc(-c2ccccc2)nc1NCc1ccc(F)cc1. The first-order valence-electron chi connectivity index (χ1n) is 10.1. The zero-order valence-electron chi connectivity index (χ0n) is 17.0. The van der Waals surface area contributed by atoms with E-state index < -0.39 is 5.91 Å². The fraction of sp³-hybridized carbons (Fsp3) is 0.125. The molecule has 5 rings (SSSR count). The molecule has 1 aromatic heterocycles. The molecular formula is C24H19FN4O3. The maximum absolute atomic E-state index is 13.5. The molecule has 0 radical (unpaired) electrons. The normalized spacial score (nSPS) is 12.4. The van der Waals surface area contributed by atoms with Gasteiger partial charge in [0.15, 0.2) is 17.3 Å².